The molecular formula is C25H46. The Morgan fingerprint density at radius 2 is 1.60 bits per heavy atom. The summed E-state index contributed by atoms with van der Waals surface area (Å²) in [6.07, 6.45) is 19.7. The molecule has 3 fully saturated rings. The summed E-state index contributed by atoms with van der Waals surface area (Å²) in [5.74, 6) is 8.56. The third-order valence-corrected chi connectivity index (χ3v) is 8.91. The van der Waals surface area contributed by atoms with Gasteiger partial charge < -0.3 is 0 Å². The molecule has 0 nitrogen and oxygen atoms in total. The Labute approximate surface area is 158 Å². The van der Waals surface area contributed by atoms with Gasteiger partial charge in [-0.1, -0.05) is 72.6 Å². The van der Waals surface area contributed by atoms with Gasteiger partial charge in [0.2, 0.25) is 0 Å². The van der Waals surface area contributed by atoms with Gasteiger partial charge >= 0.3 is 0 Å². The Morgan fingerprint density at radius 3 is 2.32 bits per heavy atom. The highest BCUT2D eigenvalue weighted by molar-refractivity contribution is 4.98. The molecule has 0 heterocycles. The zero-order chi connectivity index (χ0) is 17.8. The van der Waals surface area contributed by atoms with Crippen LogP contribution in [-0.4, -0.2) is 0 Å². The molecule has 0 N–H and O–H groups in total. The molecule has 0 amide bonds. The molecule has 0 aromatic rings. The van der Waals surface area contributed by atoms with E-state index < -0.39 is 0 Å². The molecule has 3 aliphatic carbocycles. The summed E-state index contributed by atoms with van der Waals surface area (Å²) < 4.78 is 0. The quantitative estimate of drug-likeness (QED) is 0.436. The number of hydrogen-bond donors (Lipinski definition) is 0. The molecule has 25 heavy (non-hydrogen) atoms. The minimum atomic E-state index is 1.00. The zero-order valence-corrected chi connectivity index (χ0v) is 17.8. The van der Waals surface area contributed by atoms with Crippen LogP contribution in [0.3, 0.4) is 0 Å². The summed E-state index contributed by atoms with van der Waals surface area (Å²) in [5, 5.41) is 0. The van der Waals surface area contributed by atoms with Crippen LogP contribution in [0.25, 0.3) is 0 Å². The van der Waals surface area contributed by atoms with Gasteiger partial charge in [0.25, 0.3) is 0 Å². The molecule has 146 valence electrons. The molecule has 8 atom stereocenters. The van der Waals surface area contributed by atoms with Crippen LogP contribution >= 0.6 is 0 Å². The van der Waals surface area contributed by atoms with Crippen molar-refractivity contribution in [1.29, 1.82) is 0 Å². The van der Waals surface area contributed by atoms with Gasteiger partial charge in [-0.3, -0.25) is 0 Å². The Morgan fingerprint density at radius 1 is 0.760 bits per heavy atom. The third kappa shape index (κ3) is 4.30. The highest BCUT2D eigenvalue weighted by Gasteiger charge is 2.48. The zero-order valence-electron chi connectivity index (χ0n) is 17.8. The largest absolute Gasteiger partial charge is 0.0654 e. The maximum Gasteiger partial charge on any atom is -0.0324 e. The lowest BCUT2D eigenvalue weighted by Gasteiger charge is -2.51. The van der Waals surface area contributed by atoms with E-state index in [1.54, 1.807) is 44.9 Å². The summed E-state index contributed by atoms with van der Waals surface area (Å²) in [6, 6.07) is 0. The average molecular weight is 347 g/mol. The third-order valence-electron chi connectivity index (χ3n) is 8.91. The van der Waals surface area contributed by atoms with Crippen LogP contribution in [-0.2, 0) is 0 Å². The predicted molar refractivity (Wildman–Crippen MR) is 111 cm³/mol. The molecule has 0 saturated heterocycles. The Bertz CT molecular complexity index is 385. The van der Waals surface area contributed by atoms with E-state index in [2.05, 4.69) is 27.7 Å². The van der Waals surface area contributed by atoms with Crippen LogP contribution in [0.1, 0.15) is 111 Å². The van der Waals surface area contributed by atoms with Gasteiger partial charge in [-0.15, -0.1) is 0 Å². The van der Waals surface area contributed by atoms with E-state index in [-0.39, 0.29) is 0 Å². The number of hydrogen-bond acceptors (Lipinski definition) is 0. The van der Waals surface area contributed by atoms with E-state index in [4.69, 9.17) is 0 Å². The van der Waals surface area contributed by atoms with Crippen molar-refractivity contribution in [1.82, 2.24) is 0 Å². The molecule has 0 heteroatoms. The van der Waals surface area contributed by atoms with Crippen LogP contribution in [0.15, 0.2) is 0 Å². The topological polar surface area (TPSA) is 0 Å². The van der Waals surface area contributed by atoms with Crippen molar-refractivity contribution in [2.24, 2.45) is 47.3 Å². The van der Waals surface area contributed by atoms with Gasteiger partial charge in [0.05, 0.1) is 0 Å². The predicted octanol–water partition coefficient (Wildman–Crippen LogP) is 8.11. The maximum atomic E-state index is 2.63. The first kappa shape index (κ1) is 19.8. The van der Waals surface area contributed by atoms with E-state index in [1.807, 2.05) is 0 Å². The fourth-order valence-corrected chi connectivity index (χ4v) is 7.79. The van der Waals surface area contributed by atoms with Crippen molar-refractivity contribution in [3.63, 3.8) is 0 Å². The highest BCUT2D eigenvalue weighted by Crippen LogP contribution is 2.57. The summed E-state index contributed by atoms with van der Waals surface area (Å²) in [4.78, 5) is 0. The van der Waals surface area contributed by atoms with Crippen molar-refractivity contribution in [3.05, 3.63) is 0 Å². The van der Waals surface area contributed by atoms with Gasteiger partial charge in [-0.2, -0.15) is 0 Å². The summed E-state index contributed by atoms with van der Waals surface area (Å²) in [6.45, 7) is 9.89. The fraction of sp³-hybridized carbons (Fsp3) is 1.00. The number of unbranched alkanes of at least 4 members (excludes halogenated alkanes) is 1. The molecule has 0 aromatic heterocycles. The molecule has 3 rings (SSSR count). The fourth-order valence-electron chi connectivity index (χ4n) is 7.79. The summed E-state index contributed by atoms with van der Waals surface area (Å²) in [7, 11) is 0. The first-order chi connectivity index (χ1) is 12.2. The summed E-state index contributed by atoms with van der Waals surface area (Å²) >= 11 is 0. The van der Waals surface area contributed by atoms with E-state index in [9.17, 15) is 0 Å². The lowest BCUT2D eigenvalue weighted by atomic mass is 9.54. The van der Waals surface area contributed by atoms with Crippen molar-refractivity contribution in [2.75, 3.05) is 0 Å². The molecule has 3 aliphatic rings. The SMILES string of the molecule is CCCCC1C(C)CC2CCCC2C1C1CCC(CCC)C(CC)C1. The Balaban J connectivity index is 1.75. The highest BCUT2D eigenvalue weighted by atomic mass is 14.5. The first-order valence-corrected chi connectivity index (χ1v) is 12.2. The lowest BCUT2D eigenvalue weighted by molar-refractivity contribution is -0.0154. The van der Waals surface area contributed by atoms with Gasteiger partial charge in [-0.25, -0.2) is 0 Å². The van der Waals surface area contributed by atoms with Crippen LogP contribution < -0.4 is 0 Å². The van der Waals surface area contributed by atoms with Crippen LogP contribution in [0.4, 0.5) is 0 Å². The standard InChI is InChI=1S/C25H46/c1-5-8-12-23-18(4)16-21-11-9-13-24(21)25(23)22-15-14-20(10-6-2)19(7-3)17-22/h18-25H,5-17H2,1-4H3. The smallest absolute Gasteiger partial charge is 0.0324 e. The minimum Gasteiger partial charge on any atom is -0.0654 e. The molecule has 3 saturated carbocycles. The number of fused-ring (bicyclic) bond motifs is 1. The molecule has 0 radical (unpaired) electrons. The molecular weight excluding hydrogens is 300 g/mol. The van der Waals surface area contributed by atoms with E-state index in [0.717, 1.165) is 47.3 Å². The van der Waals surface area contributed by atoms with Gasteiger partial charge in [-0.05, 0) is 85.9 Å². The lowest BCUT2D eigenvalue weighted by Crippen LogP contribution is -2.43. The van der Waals surface area contributed by atoms with E-state index >= 15 is 0 Å². The van der Waals surface area contributed by atoms with E-state index in [0.29, 0.717) is 0 Å². The van der Waals surface area contributed by atoms with E-state index in [1.165, 1.54) is 38.5 Å². The normalized spacial score (nSPS) is 44.6. The number of rotatable bonds is 7. The first-order valence-electron chi connectivity index (χ1n) is 12.2. The van der Waals surface area contributed by atoms with Gasteiger partial charge in [0, 0.05) is 0 Å². The monoisotopic (exact) mass is 346 g/mol. The van der Waals surface area contributed by atoms with Crippen molar-refractivity contribution in [2.45, 2.75) is 111 Å². The Kier molecular flexibility index (Phi) is 7.33. The van der Waals surface area contributed by atoms with Gasteiger partial charge in [0.1, 0.15) is 0 Å². The second-order valence-corrected chi connectivity index (χ2v) is 10.2. The van der Waals surface area contributed by atoms with Crippen LogP contribution in [0.2, 0.25) is 0 Å². The Hall–Kier alpha value is 0. The van der Waals surface area contributed by atoms with Crippen molar-refractivity contribution >= 4 is 0 Å². The van der Waals surface area contributed by atoms with Gasteiger partial charge in [0.15, 0.2) is 0 Å². The molecule has 0 aromatic carbocycles. The van der Waals surface area contributed by atoms with Crippen molar-refractivity contribution in [3.8, 4) is 0 Å². The summed E-state index contributed by atoms with van der Waals surface area (Å²) in [5.41, 5.74) is 0. The second-order valence-electron chi connectivity index (χ2n) is 10.2. The second kappa shape index (κ2) is 9.27. The van der Waals surface area contributed by atoms with Crippen LogP contribution in [0.5, 0.6) is 0 Å². The maximum absolute atomic E-state index is 2.63. The average Bonchev–Trinajstić information content (AvgIpc) is 3.08. The van der Waals surface area contributed by atoms with Crippen LogP contribution in [0, 0.1) is 47.3 Å². The minimum absolute atomic E-state index is 1.00. The van der Waals surface area contributed by atoms with Crippen molar-refractivity contribution < 1.29 is 0 Å². The molecule has 0 spiro atoms. The molecule has 8 unspecified atom stereocenters. The molecule has 0 bridgehead atoms. The molecule has 0 aliphatic heterocycles.